The molecule has 3 fully saturated rings. The van der Waals surface area contributed by atoms with Gasteiger partial charge < -0.3 is 0 Å². The molecule has 0 aromatic heterocycles. The number of rotatable bonds is 8. The molecule has 4 aliphatic carbocycles. The van der Waals surface area contributed by atoms with Crippen LogP contribution in [0.4, 0.5) is 0 Å². The van der Waals surface area contributed by atoms with Crippen LogP contribution in [0.2, 0.25) is 0 Å². The predicted octanol–water partition coefficient (Wildman–Crippen LogP) is 9.05. The van der Waals surface area contributed by atoms with Gasteiger partial charge in [-0.05, 0) is 103 Å². The molecule has 0 saturated heterocycles. The summed E-state index contributed by atoms with van der Waals surface area (Å²) in [5, 5.41) is 0. The quantitative estimate of drug-likeness (QED) is 0.244. The molecule has 0 spiro atoms. The van der Waals surface area contributed by atoms with Gasteiger partial charge in [0, 0.05) is 5.92 Å². The molecule has 0 N–H and O–H groups in total. The number of fused-ring (bicyclic) bond motifs is 5. The van der Waals surface area contributed by atoms with Crippen LogP contribution in [0.25, 0.3) is 0 Å². The fourth-order valence-electron chi connectivity index (χ4n) is 10.0. The third-order valence-corrected chi connectivity index (χ3v) is 13.4. The van der Waals surface area contributed by atoms with E-state index in [9.17, 15) is 8.42 Å². The molecule has 212 valence electrons. The molecule has 38 heavy (non-hydrogen) atoms. The Morgan fingerprint density at radius 3 is 2.39 bits per heavy atom. The van der Waals surface area contributed by atoms with Gasteiger partial charge in [0.1, 0.15) is 0 Å². The SMILES string of the molecule is CC(C)CCC[C@@H](C)[C@H]1CC[C@H]2[C@@H]3CC=C4C(C)[C@@H](OS(=O)(=O)c5ccccc5)CC[C@]4(C)[C@H]3CC[C@]12C. The van der Waals surface area contributed by atoms with Gasteiger partial charge in [0.25, 0.3) is 10.1 Å². The highest BCUT2D eigenvalue weighted by molar-refractivity contribution is 7.86. The molecule has 4 aliphatic rings. The first kappa shape index (κ1) is 28.4. The summed E-state index contributed by atoms with van der Waals surface area (Å²) in [7, 11) is -3.75. The molecule has 4 heteroatoms. The molecular weight excluding hydrogens is 488 g/mol. The summed E-state index contributed by atoms with van der Waals surface area (Å²) in [4.78, 5) is 0.263. The Morgan fingerprint density at radius 1 is 0.947 bits per heavy atom. The van der Waals surface area contributed by atoms with Crippen LogP contribution in [0.3, 0.4) is 0 Å². The molecule has 0 radical (unpaired) electrons. The van der Waals surface area contributed by atoms with Gasteiger partial charge in [0.2, 0.25) is 0 Å². The van der Waals surface area contributed by atoms with Crippen LogP contribution < -0.4 is 0 Å². The summed E-state index contributed by atoms with van der Waals surface area (Å²) in [5.41, 5.74) is 2.16. The molecule has 1 aromatic rings. The topological polar surface area (TPSA) is 43.4 Å². The Bertz CT molecular complexity index is 1110. The van der Waals surface area contributed by atoms with Crippen molar-refractivity contribution in [2.45, 2.75) is 117 Å². The van der Waals surface area contributed by atoms with E-state index in [1.807, 2.05) is 6.07 Å². The standard InChI is InChI=1S/C34H52O3S/c1-23(2)11-10-12-24(3)28-17-18-30-27-15-16-29-25(4)32(37-38(35,36)26-13-8-7-9-14-26)20-22-34(29,6)31(27)19-21-33(28,30)5/h7-9,13-14,16,23-25,27-28,30-32H,10-12,15,17-22H2,1-6H3/t24-,25?,27+,28-,30+,31+,32+,33-,34+/m1/s1. The lowest BCUT2D eigenvalue weighted by Gasteiger charge is -2.59. The van der Waals surface area contributed by atoms with Crippen molar-refractivity contribution in [1.82, 2.24) is 0 Å². The number of hydrogen-bond donors (Lipinski definition) is 0. The zero-order valence-corrected chi connectivity index (χ0v) is 25.6. The van der Waals surface area contributed by atoms with Gasteiger partial charge in [-0.1, -0.05) is 90.7 Å². The van der Waals surface area contributed by atoms with E-state index >= 15 is 0 Å². The van der Waals surface area contributed by atoms with Crippen LogP contribution in [-0.2, 0) is 14.3 Å². The monoisotopic (exact) mass is 540 g/mol. The molecule has 3 saturated carbocycles. The van der Waals surface area contributed by atoms with E-state index in [4.69, 9.17) is 4.18 Å². The maximum absolute atomic E-state index is 13.0. The minimum atomic E-state index is -3.75. The highest BCUT2D eigenvalue weighted by atomic mass is 32.2. The Labute approximate surface area is 233 Å². The summed E-state index contributed by atoms with van der Waals surface area (Å²) in [6, 6.07) is 8.63. The van der Waals surface area contributed by atoms with Crippen LogP contribution in [0.1, 0.15) is 106 Å². The summed E-state index contributed by atoms with van der Waals surface area (Å²) in [5.74, 6) is 5.03. The Hall–Kier alpha value is -1.13. The number of benzene rings is 1. The second-order valence-electron chi connectivity index (χ2n) is 14.4. The van der Waals surface area contributed by atoms with E-state index in [0.29, 0.717) is 5.41 Å². The van der Waals surface area contributed by atoms with Crippen LogP contribution in [0, 0.1) is 52.3 Å². The number of hydrogen-bond acceptors (Lipinski definition) is 3. The first-order chi connectivity index (χ1) is 18.0. The average molecular weight is 541 g/mol. The van der Waals surface area contributed by atoms with Crippen molar-refractivity contribution >= 4 is 10.1 Å². The van der Waals surface area contributed by atoms with Crippen molar-refractivity contribution in [3.63, 3.8) is 0 Å². The maximum Gasteiger partial charge on any atom is 0.297 e. The van der Waals surface area contributed by atoms with Crippen molar-refractivity contribution < 1.29 is 12.6 Å². The van der Waals surface area contributed by atoms with Gasteiger partial charge in [-0.2, -0.15) is 8.42 Å². The first-order valence-corrected chi connectivity index (χ1v) is 17.1. The molecular formula is C34H52O3S. The van der Waals surface area contributed by atoms with E-state index in [0.717, 1.165) is 48.3 Å². The Morgan fingerprint density at radius 2 is 1.68 bits per heavy atom. The van der Waals surface area contributed by atoms with Gasteiger partial charge in [-0.3, -0.25) is 4.18 Å². The van der Waals surface area contributed by atoms with Crippen LogP contribution in [-0.4, -0.2) is 14.5 Å². The highest BCUT2D eigenvalue weighted by Gasteiger charge is 2.60. The zero-order chi connectivity index (χ0) is 27.3. The molecule has 0 bridgehead atoms. The van der Waals surface area contributed by atoms with E-state index in [2.05, 4.69) is 47.6 Å². The molecule has 3 nitrogen and oxygen atoms in total. The van der Waals surface area contributed by atoms with Crippen molar-refractivity contribution in [3.8, 4) is 0 Å². The Balaban J connectivity index is 1.31. The van der Waals surface area contributed by atoms with Gasteiger partial charge in [-0.25, -0.2) is 0 Å². The van der Waals surface area contributed by atoms with Crippen molar-refractivity contribution in [2.75, 3.05) is 0 Å². The van der Waals surface area contributed by atoms with Crippen LogP contribution >= 0.6 is 0 Å². The smallest absolute Gasteiger partial charge is 0.262 e. The second kappa shape index (κ2) is 10.7. The minimum absolute atomic E-state index is 0.138. The molecule has 0 aliphatic heterocycles. The molecule has 0 heterocycles. The highest BCUT2D eigenvalue weighted by Crippen LogP contribution is 2.68. The predicted molar refractivity (Wildman–Crippen MR) is 156 cm³/mol. The summed E-state index contributed by atoms with van der Waals surface area (Å²) in [6.07, 6.45) is 15.0. The van der Waals surface area contributed by atoms with Crippen LogP contribution in [0.5, 0.6) is 0 Å². The van der Waals surface area contributed by atoms with E-state index in [-0.39, 0.29) is 22.3 Å². The van der Waals surface area contributed by atoms with E-state index in [1.165, 1.54) is 56.9 Å². The molecule has 1 aromatic carbocycles. The summed E-state index contributed by atoms with van der Waals surface area (Å²) in [6.45, 7) is 14.6. The fourth-order valence-corrected chi connectivity index (χ4v) is 11.2. The molecule has 5 rings (SSSR count). The average Bonchev–Trinajstić information content (AvgIpc) is 3.23. The van der Waals surface area contributed by atoms with Gasteiger partial charge in [-0.15, -0.1) is 0 Å². The lowest BCUT2D eigenvalue weighted by Crippen LogP contribution is -2.52. The van der Waals surface area contributed by atoms with Crippen molar-refractivity contribution in [1.29, 1.82) is 0 Å². The largest absolute Gasteiger partial charge is 0.297 e. The molecule has 1 unspecified atom stereocenters. The molecule has 0 amide bonds. The molecule has 9 atom stereocenters. The van der Waals surface area contributed by atoms with Crippen molar-refractivity contribution in [3.05, 3.63) is 42.0 Å². The first-order valence-electron chi connectivity index (χ1n) is 15.7. The second-order valence-corrected chi connectivity index (χ2v) is 16.0. The maximum atomic E-state index is 13.0. The van der Waals surface area contributed by atoms with Gasteiger partial charge in [0.05, 0.1) is 11.0 Å². The summed E-state index contributed by atoms with van der Waals surface area (Å²) >= 11 is 0. The van der Waals surface area contributed by atoms with Gasteiger partial charge >= 0.3 is 0 Å². The minimum Gasteiger partial charge on any atom is -0.262 e. The van der Waals surface area contributed by atoms with Crippen molar-refractivity contribution in [2.24, 2.45) is 52.3 Å². The van der Waals surface area contributed by atoms with Crippen LogP contribution in [0.15, 0.2) is 46.9 Å². The lowest BCUT2D eigenvalue weighted by atomic mass is 9.46. The van der Waals surface area contributed by atoms with E-state index in [1.54, 1.807) is 24.3 Å². The zero-order valence-electron chi connectivity index (χ0n) is 24.8. The normalized spacial score (nSPS) is 39.7. The fraction of sp³-hybridized carbons (Fsp3) is 0.765. The summed E-state index contributed by atoms with van der Waals surface area (Å²) < 4.78 is 31.9. The third-order valence-electron chi connectivity index (χ3n) is 12.0. The van der Waals surface area contributed by atoms with E-state index < -0.39 is 10.1 Å². The lowest BCUT2D eigenvalue weighted by molar-refractivity contribution is -0.0617. The van der Waals surface area contributed by atoms with Gasteiger partial charge in [0.15, 0.2) is 0 Å². The number of allylic oxidation sites excluding steroid dienone is 1. The third kappa shape index (κ3) is 4.95. The Kier molecular flexibility index (Phi) is 7.99.